The van der Waals surface area contributed by atoms with Crippen LogP contribution in [0.5, 0.6) is 11.5 Å². The number of carbonyl (C=O) groups is 1. The fourth-order valence-corrected chi connectivity index (χ4v) is 2.63. The molecule has 1 fully saturated rings. The number of carbonyl (C=O) groups excluding carboxylic acids is 1. The van der Waals surface area contributed by atoms with Crippen molar-refractivity contribution in [3.63, 3.8) is 0 Å². The van der Waals surface area contributed by atoms with Crippen molar-refractivity contribution in [3.8, 4) is 11.5 Å². The molecule has 5 heteroatoms. The van der Waals surface area contributed by atoms with Gasteiger partial charge in [0.25, 0.3) is 0 Å². The van der Waals surface area contributed by atoms with E-state index in [2.05, 4.69) is 5.32 Å². The van der Waals surface area contributed by atoms with Gasteiger partial charge in [0.2, 0.25) is 5.91 Å². The molecule has 1 amide bonds. The molecule has 1 atom stereocenters. The maximum absolute atomic E-state index is 12.4. The SMILES string of the molecule is COc1ccc(NC(C)C(=O)N2CCCCC2)cc1OC. The van der Waals surface area contributed by atoms with E-state index in [1.54, 1.807) is 14.2 Å². The van der Waals surface area contributed by atoms with Gasteiger partial charge in [0.15, 0.2) is 11.5 Å². The van der Waals surface area contributed by atoms with Crippen LogP contribution >= 0.6 is 0 Å². The number of nitrogens with one attached hydrogen (secondary N) is 1. The van der Waals surface area contributed by atoms with Gasteiger partial charge in [0.05, 0.1) is 14.2 Å². The minimum atomic E-state index is -0.249. The van der Waals surface area contributed by atoms with Crippen LogP contribution in [0.25, 0.3) is 0 Å². The minimum Gasteiger partial charge on any atom is -0.493 e. The summed E-state index contributed by atoms with van der Waals surface area (Å²) in [5.74, 6) is 1.49. The third-order valence-corrected chi connectivity index (χ3v) is 3.80. The number of hydrogen-bond donors (Lipinski definition) is 1. The lowest BCUT2D eigenvalue weighted by molar-refractivity contribution is -0.132. The molecule has 0 aliphatic carbocycles. The highest BCUT2D eigenvalue weighted by atomic mass is 16.5. The fraction of sp³-hybridized carbons (Fsp3) is 0.562. The predicted octanol–water partition coefficient (Wildman–Crippen LogP) is 2.52. The standard InChI is InChI=1S/C16H24N2O3/c1-12(16(19)18-9-5-4-6-10-18)17-13-7-8-14(20-2)15(11-13)21-3/h7-8,11-12,17H,4-6,9-10H2,1-3H3. The summed E-state index contributed by atoms with van der Waals surface area (Å²) >= 11 is 0. The Balaban J connectivity index is 2.01. The van der Waals surface area contributed by atoms with Crippen LogP contribution in [0, 0.1) is 0 Å². The zero-order valence-electron chi connectivity index (χ0n) is 13.0. The van der Waals surface area contributed by atoms with Crippen molar-refractivity contribution in [2.75, 3.05) is 32.6 Å². The first-order valence-electron chi connectivity index (χ1n) is 7.43. The summed E-state index contributed by atoms with van der Waals surface area (Å²) in [6.45, 7) is 3.64. The highest BCUT2D eigenvalue weighted by molar-refractivity contribution is 5.84. The molecule has 0 spiro atoms. The number of amides is 1. The van der Waals surface area contributed by atoms with E-state index >= 15 is 0 Å². The van der Waals surface area contributed by atoms with E-state index < -0.39 is 0 Å². The van der Waals surface area contributed by atoms with Crippen LogP contribution in [0.1, 0.15) is 26.2 Å². The van der Waals surface area contributed by atoms with Gasteiger partial charge >= 0.3 is 0 Å². The molecule has 0 aromatic heterocycles. The van der Waals surface area contributed by atoms with E-state index in [0.717, 1.165) is 31.6 Å². The van der Waals surface area contributed by atoms with Crippen LogP contribution in [0.15, 0.2) is 18.2 Å². The molecule has 1 N–H and O–H groups in total. The molecule has 21 heavy (non-hydrogen) atoms. The molecule has 2 rings (SSSR count). The Hall–Kier alpha value is -1.91. The molecule has 0 bridgehead atoms. The molecular formula is C16H24N2O3. The Morgan fingerprint density at radius 3 is 2.43 bits per heavy atom. The number of likely N-dealkylation sites (tertiary alicyclic amines) is 1. The molecular weight excluding hydrogens is 268 g/mol. The zero-order valence-corrected chi connectivity index (χ0v) is 13.0. The van der Waals surface area contributed by atoms with Gasteiger partial charge in [-0.15, -0.1) is 0 Å². The van der Waals surface area contributed by atoms with Gasteiger partial charge in [-0.05, 0) is 38.3 Å². The molecule has 1 heterocycles. The summed E-state index contributed by atoms with van der Waals surface area (Å²) in [6.07, 6.45) is 3.44. The Labute approximate surface area is 126 Å². The summed E-state index contributed by atoms with van der Waals surface area (Å²) in [5, 5.41) is 3.24. The zero-order chi connectivity index (χ0) is 15.2. The topological polar surface area (TPSA) is 50.8 Å². The molecule has 1 aromatic carbocycles. The summed E-state index contributed by atoms with van der Waals surface area (Å²) < 4.78 is 10.5. The van der Waals surface area contributed by atoms with Gasteiger partial charge in [0.1, 0.15) is 6.04 Å². The van der Waals surface area contributed by atoms with Gasteiger partial charge in [0, 0.05) is 24.8 Å². The van der Waals surface area contributed by atoms with Gasteiger partial charge < -0.3 is 19.7 Å². The molecule has 1 aliphatic rings. The molecule has 0 radical (unpaired) electrons. The number of anilines is 1. The van der Waals surface area contributed by atoms with Gasteiger partial charge in [-0.25, -0.2) is 0 Å². The van der Waals surface area contributed by atoms with Crippen molar-refractivity contribution < 1.29 is 14.3 Å². The Morgan fingerprint density at radius 1 is 1.14 bits per heavy atom. The summed E-state index contributed by atoms with van der Waals surface area (Å²) in [7, 11) is 3.21. The van der Waals surface area contributed by atoms with E-state index in [-0.39, 0.29) is 11.9 Å². The van der Waals surface area contributed by atoms with Crippen molar-refractivity contribution in [1.29, 1.82) is 0 Å². The van der Waals surface area contributed by atoms with E-state index in [0.29, 0.717) is 11.5 Å². The second-order valence-electron chi connectivity index (χ2n) is 5.32. The van der Waals surface area contributed by atoms with E-state index in [1.807, 2.05) is 30.0 Å². The van der Waals surface area contributed by atoms with Crippen molar-refractivity contribution in [2.45, 2.75) is 32.2 Å². The monoisotopic (exact) mass is 292 g/mol. The lowest BCUT2D eigenvalue weighted by Gasteiger charge is -2.29. The fourth-order valence-electron chi connectivity index (χ4n) is 2.63. The van der Waals surface area contributed by atoms with Crippen molar-refractivity contribution in [2.24, 2.45) is 0 Å². The molecule has 0 saturated carbocycles. The van der Waals surface area contributed by atoms with E-state index in [9.17, 15) is 4.79 Å². The first-order valence-corrected chi connectivity index (χ1v) is 7.43. The number of hydrogen-bond acceptors (Lipinski definition) is 4. The van der Waals surface area contributed by atoms with Crippen molar-refractivity contribution in [1.82, 2.24) is 4.90 Å². The van der Waals surface area contributed by atoms with Gasteiger partial charge in [-0.3, -0.25) is 4.79 Å². The quantitative estimate of drug-likeness (QED) is 0.906. The average Bonchev–Trinajstić information content (AvgIpc) is 2.54. The van der Waals surface area contributed by atoms with Gasteiger partial charge in [-0.2, -0.15) is 0 Å². The lowest BCUT2D eigenvalue weighted by Crippen LogP contribution is -2.43. The number of rotatable bonds is 5. The molecule has 116 valence electrons. The van der Waals surface area contributed by atoms with Gasteiger partial charge in [-0.1, -0.05) is 0 Å². The largest absolute Gasteiger partial charge is 0.493 e. The number of ether oxygens (including phenoxy) is 2. The molecule has 1 aromatic rings. The highest BCUT2D eigenvalue weighted by Gasteiger charge is 2.22. The Bertz CT molecular complexity index is 484. The minimum absolute atomic E-state index is 0.157. The highest BCUT2D eigenvalue weighted by Crippen LogP contribution is 2.30. The number of piperidine rings is 1. The maximum atomic E-state index is 12.4. The van der Waals surface area contributed by atoms with Crippen LogP contribution in [-0.4, -0.2) is 44.2 Å². The molecule has 1 unspecified atom stereocenters. The molecule has 1 saturated heterocycles. The Morgan fingerprint density at radius 2 is 1.81 bits per heavy atom. The molecule has 1 aliphatic heterocycles. The van der Waals surface area contributed by atoms with Crippen LogP contribution in [-0.2, 0) is 4.79 Å². The van der Waals surface area contributed by atoms with E-state index in [4.69, 9.17) is 9.47 Å². The first kappa shape index (κ1) is 15.5. The van der Waals surface area contributed by atoms with Crippen molar-refractivity contribution in [3.05, 3.63) is 18.2 Å². The van der Waals surface area contributed by atoms with Crippen molar-refractivity contribution >= 4 is 11.6 Å². The maximum Gasteiger partial charge on any atom is 0.244 e. The Kier molecular flexibility index (Phi) is 5.31. The van der Waals surface area contributed by atoms with Crippen LogP contribution in [0.4, 0.5) is 5.69 Å². The third kappa shape index (κ3) is 3.80. The summed E-state index contributed by atoms with van der Waals surface area (Å²) in [5.41, 5.74) is 0.852. The van der Waals surface area contributed by atoms with Crippen LogP contribution < -0.4 is 14.8 Å². The lowest BCUT2D eigenvalue weighted by atomic mass is 10.1. The second kappa shape index (κ2) is 7.20. The normalized spacial score (nSPS) is 16.2. The average molecular weight is 292 g/mol. The summed E-state index contributed by atoms with van der Waals surface area (Å²) in [4.78, 5) is 14.3. The summed E-state index contributed by atoms with van der Waals surface area (Å²) in [6, 6.07) is 5.32. The number of nitrogens with zero attached hydrogens (tertiary/aromatic N) is 1. The number of benzene rings is 1. The first-order chi connectivity index (χ1) is 10.2. The van der Waals surface area contributed by atoms with Crippen LogP contribution in [0.2, 0.25) is 0 Å². The molecule has 5 nitrogen and oxygen atoms in total. The smallest absolute Gasteiger partial charge is 0.244 e. The van der Waals surface area contributed by atoms with Crippen LogP contribution in [0.3, 0.4) is 0 Å². The third-order valence-electron chi connectivity index (χ3n) is 3.80. The van der Waals surface area contributed by atoms with E-state index in [1.165, 1.54) is 6.42 Å². The predicted molar refractivity (Wildman–Crippen MR) is 83.1 cm³/mol. The number of methoxy groups -OCH3 is 2. The second-order valence-corrected chi connectivity index (χ2v) is 5.32.